The summed E-state index contributed by atoms with van der Waals surface area (Å²) in [5, 5.41) is 51.7. The van der Waals surface area contributed by atoms with Gasteiger partial charge in [-0.3, -0.25) is 0 Å². The van der Waals surface area contributed by atoms with Gasteiger partial charge >= 0.3 is 5.97 Å². The molecular weight excluding hydrogens is 452 g/mol. The van der Waals surface area contributed by atoms with Crippen molar-refractivity contribution in [2.75, 3.05) is 13.2 Å². The molecule has 4 aliphatic heterocycles. The minimum atomic E-state index is -1.61. The normalized spacial score (nSPS) is 52.5. The maximum atomic E-state index is 12.7. The van der Waals surface area contributed by atoms with Crippen LogP contribution >= 0.6 is 0 Å². The van der Waals surface area contributed by atoms with Crippen molar-refractivity contribution in [2.45, 2.75) is 73.8 Å². The molecule has 4 saturated heterocycles. The molecule has 186 valence electrons. The molecule has 11 heteroatoms. The molecule has 11 nitrogen and oxygen atoms in total. The van der Waals surface area contributed by atoms with Gasteiger partial charge in [-0.25, -0.2) is 4.79 Å². The van der Waals surface area contributed by atoms with Crippen LogP contribution < -0.4 is 0 Å². The predicted octanol–water partition coefficient (Wildman–Crippen LogP) is -1.36. The molecule has 1 aromatic carbocycles. The number of carbonyl (C=O) groups is 1. The van der Waals surface area contributed by atoms with E-state index in [2.05, 4.69) is 0 Å². The molecule has 0 spiro atoms. The molecule has 4 heterocycles. The Bertz CT molecular complexity index is 988. The van der Waals surface area contributed by atoms with E-state index in [1.165, 1.54) is 0 Å². The van der Waals surface area contributed by atoms with Crippen LogP contribution in [-0.2, 0) is 23.7 Å². The van der Waals surface area contributed by atoms with E-state index >= 15 is 0 Å². The molecule has 1 aromatic rings. The molecule has 7 aliphatic rings. The second kappa shape index (κ2) is 7.19. The largest absolute Gasteiger partial charge is 0.461 e. The Hall–Kier alpha value is -1.67. The van der Waals surface area contributed by atoms with Gasteiger partial charge in [-0.05, 0) is 25.5 Å². The quantitative estimate of drug-likeness (QED) is 0.306. The van der Waals surface area contributed by atoms with Crippen molar-refractivity contribution in [1.82, 2.24) is 0 Å². The van der Waals surface area contributed by atoms with Crippen LogP contribution in [-0.4, -0.2) is 98.7 Å². The Balaban J connectivity index is 1.32. The number of esters is 1. The van der Waals surface area contributed by atoms with Crippen molar-refractivity contribution in [3.05, 3.63) is 35.9 Å². The molecule has 0 radical (unpaired) electrons. The average Bonchev–Trinajstić information content (AvgIpc) is 3.00. The standard InChI is InChI=1S/C23H28O11/c1-20-9-22(29)13-7-23(20,32-18-16(27)15(26)14(25)12(8-24)31-18)21(13,19(33-20)34-22)10-30-17(28)11-5-3-2-4-6-11/h2-6,12-16,18-19,24-27,29H,7-10H2,1H3/t12-,13+,14-,15+,16-,18+,19+,20-,21-,22+,23-/m1/s1. The van der Waals surface area contributed by atoms with Gasteiger partial charge in [0.15, 0.2) is 18.4 Å². The van der Waals surface area contributed by atoms with Gasteiger partial charge in [0.25, 0.3) is 0 Å². The van der Waals surface area contributed by atoms with Crippen molar-refractivity contribution in [3.63, 3.8) is 0 Å². The molecule has 7 fully saturated rings. The monoisotopic (exact) mass is 480 g/mol. The van der Waals surface area contributed by atoms with Gasteiger partial charge < -0.3 is 49.2 Å². The lowest BCUT2D eigenvalue weighted by atomic mass is 9.41. The van der Waals surface area contributed by atoms with Crippen molar-refractivity contribution in [1.29, 1.82) is 0 Å². The second-order valence-electron chi connectivity index (χ2n) is 10.2. The number of rotatable bonds is 6. The van der Waals surface area contributed by atoms with E-state index in [4.69, 9.17) is 23.7 Å². The number of hydrogen-bond donors (Lipinski definition) is 5. The zero-order valence-electron chi connectivity index (χ0n) is 18.4. The number of aliphatic hydroxyl groups is 5. The van der Waals surface area contributed by atoms with Crippen molar-refractivity contribution >= 4 is 5.97 Å². The van der Waals surface area contributed by atoms with Crippen LogP contribution in [0.25, 0.3) is 0 Å². The van der Waals surface area contributed by atoms with Crippen LogP contribution in [0.15, 0.2) is 30.3 Å². The Labute approximate surface area is 194 Å². The first-order valence-corrected chi connectivity index (χ1v) is 11.4. The van der Waals surface area contributed by atoms with Crippen molar-refractivity contribution < 1.29 is 54.0 Å². The summed E-state index contributed by atoms with van der Waals surface area (Å²) in [5.41, 5.74) is -2.99. The third-order valence-electron chi connectivity index (χ3n) is 8.57. The van der Waals surface area contributed by atoms with Crippen LogP contribution in [0.3, 0.4) is 0 Å². The Kier molecular flexibility index (Phi) is 4.81. The summed E-state index contributed by atoms with van der Waals surface area (Å²) < 4.78 is 29.7. The van der Waals surface area contributed by atoms with Gasteiger partial charge in [0, 0.05) is 12.3 Å². The molecule has 3 saturated carbocycles. The third-order valence-corrected chi connectivity index (χ3v) is 8.57. The van der Waals surface area contributed by atoms with Gasteiger partial charge in [0.2, 0.25) is 0 Å². The maximum Gasteiger partial charge on any atom is 0.338 e. The number of ether oxygens (including phenoxy) is 5. The van der Waals surface area contributed by atoms with E-state index in [-0.39, 0.29) is 19.4 Å². The Morgan fingerprint density at radius 1 is 1.12 bits per heavy atom. The maximum absolute atomic E-state index is 12.7. The van der Waals surface area contributed by atoms with E-state index < -0.39 is 77.9 Å². The summed E-state index contributed by atoms with van der Waals surface area (Å²) in [6.07, 6.45) is -7.87. The minimum absolute atomic E-state index is 0.0902. The lowest BCUT2D eigenvalue weighted by Crippen LogP contribution is -2.80. The zero-order chi connectivity index (χ0) is 24.1. The molecular formula is C23H28O11. The van der Waals surface area contributed by atoms with E-state index in [9.17, 15) is 30.3 Å². The lowest BCUT2D eigenvalue weighted by molar-refractivity contribution is -0.424. The highest BCUT2D eigenvalue weighted by atomic mass is 16.8. The van der Waals surface area contributed by atoms with Crippen LogP contribution in [0, 0.1) is 11.3 Å². The molecule has 0 amide bonds. The fraction of sp³-hybridized carbons (Fsp3) is 0.696. The van der Waals surface area contributed by atoms with E-state index in [0.717, 1.165) is 0 Å². The molecule has 0 unspecified atom stereocenters. The van der Waals surface area contributed by atoms with Crippen LogP contribution in [0.1, 0.15) is 30.1 Å². The van der Waals surface area contributed by atoms with Crippen molar-refractivity contribution in [2.24, 2.45) is 11.3 Å². The van der Waals surface area contributed by atoms with Gasteiger partial charge in [-0.1, -0.05) is 18.2 Å². The topological polar surface area (TPSA) is 164 Å². The van der Waals surface area contributed by atoms with Gasteiger partial charge in [-0.15, -0.1) is 0 Å². The van der Waals surface area contributed by atoms with E-state index in [1.54, 1.807) is 37.3 Å². The highest BCUT2D eigenvalue weighted by Crippen LogP contribution is 2.81. The van der Waals surface area contributed by atoms with Crippen LogP contribution in [0.2, 0.25) is 0 Å². The molecule has 11 atom stereocenters. The molecule has 34 heavy (non-hydrogen) atoms. The molecule has 3 aliphatic carbocycles. The summed E-state index contributed by atoms with van der Waals surface area (Å²) in [6, 6.07) is 8.47. The van der Waals surface area contributed by atoms with Gasteiger partial charge in [0.1, 0.15) is 42.2 Å². The van der Waals surface area contributed by atoms with E-state index in [0.29, 0.717) is 5.56 Å². The number of carbonyl (C=O) groups excluding carboxylic acids is 1. The summed E-state index contributed by atoms with van der Waals surface area (Å²) in [5.74, 6) is -2.49. The van der Waals surface area contributed by atoms with Gasteiger partial charge in [-0.2, -0.15) is 0 Å². The molecule has 0 aromatic heterocycles. The van der Waals surface area contributed by atoms with Gasteiger partial charge in [0.05, 0.1) is 17.6 Å². The summed E-state index contributed by atoms with van der Waals surface area (Å²) in [4.78, 5) is 12.7. The fourth-order valence-electron chi connectivity index (χ4n) is 6.87. The third kappa shape index (κ3) is 2.59. The Morgan fingerprint density at radius 2 is 1.85 bits per heavy atom. The number of aliphatic hydroxyl groups excluding tert-OH is 4. The first-order chi connectivity index (χ1) is 16.1. The SMILES string of the molecule is C[C@]12C[C@]3(O)O[C@H](O1)[C@@]1(COC(=O)c4ccccc4)[C@@H]3C[C@]12O[C@@H]1O[C@H](CO)[C@@H](O)[C@H](O)[C@H]1O. The predicted molar refractivity (Wildman–Crippen MR) is 109 cm³/mol. The number of hydrogen-bond acceptors (Lipinski definition) is 11. The Morgan fingerprint density at radius 3 is 2.56 bits per heavy atom. The second-order valence-corrected chi connectivity index (χ2v) is 10.2. The summed E-state index contributed by atoms with van der Waals surface area (Å²) in [7, 11) is 0. The molecule has 8 rings (SSSR count). The number of benzene rings is 1. The minimum Gasteiger partial charge on any atom is -0.461 e. The van der Waals surface area contributed by atoms with Crippen LogP contribution in [0.4, 0.5) is 0 Å². The van der Waals surface area contributed by atoms with Crippen LogP contribution in [0.5, 0.6) is 0 Å². The lowest BCUT2D eigenvalue weighted by Gasteiger charge is -2.67. The fourth-order valence-corrected chi connectivity index (χ4v) is 6.87. The zero-order valence-corrected chi connectivity index (χ0v) is 18.4. The van der Waals surface area contributed by atoms with Crippen molar-refractivity contribution in [3.8, 4) is 0 Å². The average molecular weight is 480 g/mol. The highest BCUT2D eigenvalue weighted by Gasteiger charge is 2.94. The first kappa shape index (κ1) is 22.8. The summed E-state index contributed by atoms with van der Waals surface area (Å²) >= 11 is 0. The first-order valence-electron chi connectivity index (χ1n) is 11.4. The highest BCUT2D eigenvalue weighted by molar-refractivity contribution is 5.89. The van der Waals surface area contributed by atoms with E-state index in [1.807, 2.05) is 0 Å². The molecule has 5 N–H and O–H groups in total. The smallest absolute Gasteiger partial charge is 0.338 e. The summed E-state index contributed by atoms with van der Waals surface area (Å²) in [6.45, 7) is 0.985. The molecule has 6 bridgehead atoms.